The molecule has 0 N–H and O–H groups in total. The van der Waals surface area contributed by atoms with E-state index in [-0.39, 0.29) is 11.5 Å². The highest BCUT2D eigenvalue weighted by Gasteiger charge is 2.31. The number of carbonyl (C=O) groups is 1. The van der Waals surface area contributed by atoms with E-state index in [1.807, 2.05) is 18.2 Å². The quantitative estimate of drug-likeness (QED) is 0.445. The fraction of sp³-hybridized carbons (Fsp3) is 0.316. The molecule has 0 amide bonds. The van der Waals surface area contributed by atoms with Gasteiger partial charge in [-0.1, -0.05) is 43.8 Å². The van der Waals surface area contributed by atoms with E-state index in [4.69, 9.17) is 0 Å². The van der Waals surface area contributed by atoms with Crippen molar-refractivity contribution in [3.63, 3.8) is 0 Å². The monoisotopic (exact) mass is 402 g/mol. The Morgan fingerprint density at radius 3 is 2.74 bits per heavy atom. The molecule has 2 aromatic rings. The molecular formula is C19H18N2O4S2. The van der Waals surface area contributed by atoms with Crippen LogP contribution < -0.4 is 0 Å². The maximum absolute atomic E-state index is 12.8. The molecule has 1 aliphatic rings. The third kappa shape index (κ3) is 4.26. The summed E-state index contributed by atoms with van der Waals surface area (Å²) in [7, 11) is -3.85. The number of allylic oxidation sites excluding steroid dienone is 1. The molecule has 0 saturated carbocycles. The molecule has 27 heavy (non-hydrogen) atoms. The lowest BCUT2D eigenvalue weighted by molar-refractivity contribution is -0.119. The fourth-order valence-electron chi connectivity index (χ4n) is 2.47. The maximum atomic E-state index is 12.8. The summed E-state index contributed by atoms with van der Waals surface area (Å²) in [6.07, 6.45) is 5.14. The normalized spacial score (nSPS) is 14.3. The number of fused-ring (bicyclic) bond motifs is 3. The molecule has 0 spiro atoms. The molecule has 0 bridgehead atoms. The highest BCUT2D eigenvalue weighted by Crippen LogP contribution is 2.31. The summed E-state index contributed by atoms with van der Waals surface area (Å²) in [6, 6.07) is 3.89. The maximum Gasteiger partial charge on any atom is 0.325 e. The number of Topliss-reactive ketones (excluding diaryl/α,β-unsaturated/α-hetero) is 1. The van der Waals surface area contributed by atoms with Crippen molar-refractivity contribution in [1.82, 2.24) is 4.98 Å². The molecule has 0 unspecified atom stereocenters. The van der Waals surface area contributed by atoms with Gasteiger partial charge in [0.05, 0.1) is 16.5 Å². The Labute approximate surface area is 162 Å². The fourth-order valence-corrected chi connectivity index (χ4v) is 3.66. The van der Waals surface area contributed by atoms with Crippen LogP contribution in [0.4, 0.5) is 0 Å². The largest absolute Gasteiger partial charge is 0.325 e. The third-order valence-corrected chi connectivity index (χ3v) is 5.15. The predicted octanol–water partition coefficient (Wildman–Crippen LogP) is 3.16. The van der Waals surface area contributed by atoms with Gasteiger partial charge in [0.25, 0.3) is 0 Å². The first-order valence-electron chi connectivity index (χ1n) is 8.15. The molecular weight excluding hydrogens is 384 g/mol. The van der Waals surface area contributed by atoms with E-state index in [1.165, 1.54) is 11.3 Å². The number of hydrogen-bond acceptors (Lipinski definition) is 7. The first kappa shape index (κ1) is 19.3. The number of thiazole rings is 1. The van der Waals surface area contributed by atoms with Gasteiger partial charge in [0.2, 0.25) is 0 Å². The molecule has 0 saturated heterocycles. The molecule has 1 aliphatic carbocycles. The van der Waals surface area contributed by atoms with Crippen LogP contribution >= 0.6 is 11.3 Å². The van der Waals surface area contributed by atoms with Gasteiger partial charge in [-0.2, -0.15) is 8.42 Å². The van der Waals surface area contributed by atoms with Crippen LogP contribution in [-0.2, 0) is 25.6 Å². The molecule has 1 aromatic carbocycles. The third-order valence-electron chi connectivity index (χ3n) is 3.78. The number of aromatic nitrogens is 1. The first-order chi connectivity index (χ1) is 12.6. The summed E-state index contributed by atoms with van der Waals surface area (Å²) in [6.45, 7) is 5.18. The second kappa shape index (κ2) is 6.91. The minimum atomic E-state index is -3.85. The van der Waals surface area contributed by atoms with Crippen molar-refractivity contribution in [2.75, 3.05) is 6.26 Å². The Morgan fingerprint density at radius 1 is 1.33 bits per heavy atom. The lowest BCUT2D eigenvalue weighted by Gasteiger charge is -2.16. The Balaban J connectivity index is 2.17. The van der Waals surface area contributed by atoms with E-state index in [2.05, 4.69) is 26.3 Å². The van der Waals surface area contributed by atoms with E-state index in [1.54, 1.807) is 26.8 Å². The minimum Gasteiger partial charge on any atom is -0.292 e. The van der Waals surface area contributed by atoms with Gasteiger partial charge in [-0.05, 0) is 29.3 Å². The number of rotatable bonds is 4. The van der Waals surface area contributed by atoms with Gasteiger partial charge < -0.3 is 0 Å². The SMILES string of the molecule is CC(C)(C)C(=O)/C(=N\OS(C)(=O)=O)c1nc2c3c(ccc2s1)C=CC#CC3. The highest BCUT2D eigenvalue weighted by molar-refractivity contribution is 7.85. The lowest BCUT2D eigenvalue weighted by Crippen LogP contribution is -2.29. The van der Waals surface area contributed by atoms with Gasteiger partial charge in [-0.25, -0.2) is 4.98 Å². The molecule has 1 heterocycles. The Hall–Kier alpha value is -2.50. The van der Waals surface area contributed by atoms with Gasteiger partial charge in [-0.3, -0.25) is 9.08 Å². The van der Waals surface area contributed by atoms with Crippen LogP contribution in [0.25, 0.3) is 16.3 Å². The predicted molar refractivity (Wildman–Crippen MR) is 107 cm³/mol. The Bertz CT molecular complexity index is 1150. The minimum absolute atomic E-state index is 0.0990. The molecule has 3 rings (SSSR count). The zero-order chi connectivity index (χ0) is 19.8. The average Bonchev–Trinajstić information content (AvgIpc) is 2.83. The van der Waals surface area contributed by atoms with Crippen molar-refractivity contribution in [3.8, 4) is 11.8 Å². The zero-order valence-corrected chi connectivity index (χ0v) is 17.0. The van der Waals surface area contributed by atoms with Gasteiger partial charge in [0.1, 0.15) is 5.01 Å². The van der Waals surface area contributed by atoms with Gasteiger partial charge in [0, 0.05) is 11.8 Å². The van der Waals surface area contributed by atoms with Crippen molar-refractivity contribution < 1.29 is 17.5 Å². The molecule has 6 nitrogen and oxygen atoms in total. The Kier molecular flexibility index (Phi) is 4.93. The molecule has 0 radical (unpaired) electrons. The van der Waals surface area contributed by atoms with E-state index >= 15 is 0 Å². The summed E-state index contributed by atoms with van der Waals surface area (Å²) >= 11 is 1.27. The van der Waals surface area contributed by atoms with Gasteiger partial charge in [0.15, 0.2) is 11.5 Å². The number of ketones is 1. The lowest BCUT2D eigenvalue weighted by atomic mass is 9.88. The smallest absolute Gasteiger partial charge is 0.292 e. The van der Waals surface area contributed by atoms with Crippen molar-refractivity contribution in [2.24, 2.45) is 10.6 Å². The number of hydrogen-bond donors (Lipinski definition) is 0. The molecule has 0 fully saturated rings. The zero-order valence-electron chi connectivity index (χ0n) is 15.4. The summed E-state index contributed by atoms with van der Waals surface area (Å²) < 4.78 is 28.2. The van der Waals surface area contributed by atoms with Crippen LogP contribution in [0, 0.1) is 17.3 Å². The van der Waals surface area contributed by atoms with Crippen LogP contribution in [0.5, 0.6) is 0 Å². The second-order valence-corrected chi connectivity index (χ2v) is 9.72. The second-order valence-electron chi connectivity index (χ2n) is 7.13. The molecule has 140 valence electrons. The first-order valence-corrected chi connectivity index (χ1v) is 10.8. The Morgan fingerprint density at radius 2 is 2.07 bits per heavy atom. The van der Waals surface area contributed by atoms with Crippen LogP contribution in [0.3, 0.4) is 0 Å². The van der Waals surface area contributed by atoms with Crippen LogP contribution in [0.1, 0.15) is 36.9 Å². The number of nitrogens with zero attached hydrogens (tertiary/aromatic N) is 2. The summed E-state index contributed by atoms with van der Waals surface area (Å²) in [4.78, 5) is 17.4. The highest BCUT2D eigenvalue weighted by atomic mass is 32.2. The number of carbonyl (C=O) groups excluding carboxylic acids is 1. The van der Waals surface area contributed by atoms with Crippen molar-refractivity contribution in [2.45, 2.75) is 27.2 Å². The number of benzene rings is 1. The molecule has 1 aromatic heterocycles. The molecule has 0 atom stereocenters. The van der Waals surface area contributed by atoms with Crippen molar-refractivity contribution >= 4 is 49.2 Å². The number of oxime groups is 1. The topological polar surface area (TPSA) is 85.7 Å². The summed E-state index contributed by atoms with van der Waals surface area (Å²) in [5.41, 5.74) is 1.84. The molecule has 8 heteroatoms. The van der Waals surface area contributed by atoms with Gasteiger partial charge >= 0.3 is 10.1 Å². The van der Waals surface area contributed by atoms with Crippen LogP contribution in [0.15, 0.2) is 23.4 Å². The van der Waals surface area contributed by atoms with E-state index < -0.39 is 15.5 Å². The van der Waals surface area contributed by atoms with E-state index in [0.29, 0.717) is 11.4 Å². The van der Waals surface area contributed by atoms with Crippen molar-refractivity contribution in [1.29, 1.82) is 0 Å². The van der Waals surface area contributed by atoms with Crippen LogP contribution in [-0.4, -0.2) is 31.2 Å². The van der Waals surface area contributed by atoms with Gasteiger partial charge in [-0.15, -0.1) is 11.3 Å². The standard InChI is InChI=1S/C19H18N2O4S2/c1-19(2,3)17(22)16(21-25-27(4,23)24)18-20-15-13-9-7-5-6-8-12(13)10-11-14(15)26-18/h6,8,10-11H,9H2,1-4H3/b21-16+. The van der Waals surface area contributed by atoms with Crippen LogP contribution in [0.2, 0.25) is 0 Å². The average molecular weight is 402 g/mol. The van der Waals surface area contributed by atoms with E-state index in [0.717, 1.165) is 27.6 Å². The summed E-state index contributed by atoms with van der Waals surface area (Å²) in [5, 5.41) is 3.96. The molecule has 0 aliphatic heterocycles. The summed E-state index contributed by atoms with van der Waals surface area (Å²) in [5.74, 6) is 5.65. The van der Waals surface area contributed by atoms with Crippen molar-refractivity contribution in [3.05, 3.63) is 34.3 Å². The van der Waals surface area contributed by atoms with E-state index in [9.17, 15) is 13.2 Å².